The molecule has 1 aromatic rings. The van der Waals surface area contributed by atoms with Gasteiger partial charge in [-0.15, -0.1) is 0 Å². The van der Waals surface area contributed by atoms with Crippen molar-refractivity contribution in [3.8, 4) is 0 Å². The Hall–Kier alpha value is -1.11. The van der Waals surface area contributed by atoms with E-state index in [2.05, 4.69) is 0 Å². The van der Waals surface area contributed by atoms with Crippen LogP contribution in [0.5, 0.6) is 0 Å². The van der Waals surface area contributed by atoms with Crippen molar-refractivity contribution < 1.29 is 13.2 Å². The lowest BCUT2D eigenvalue weighted by Crippen LogP contribution is -2.32. The largest absolute Gasteiger partial charge is 0.339 e. The molecule has 5 nitrogen and oxygen atoms in total. The zero-order valence-corrected chi connectivity index (χ0v) is 14.5. The minimum atomic E-state index is -3.58. The highest BCUT2D eigenvalue weighted by atomic mass is 35.5. The van der Waals surface area contributed by atoms with Crippen LogP contribution in [0.2, 0.25) is 5.02 Å². The molecular weight excluding hydrogens is 324 g/mol. The summed E-state index contributed by atoms with van der Waals surface area (Å²) in [5.41, 5.74) is 0.256. The number of benzene rings is 1. The highest BCUT2D eigenvalue weighted by molar-refractivity contribution is 7.89. The number of likely N-dealkylation sites (tertiary alicyclic amines) is 1. The molecule has 1 fully saturated rings. The summed E-state index contributed by atoms with van der Waals surface area (Å²) in [7, 11) is -0.667. The van der Waals surface area contributed by atoms with E-state index < -0.39 is 10.0 Å². The van der Waals surface area contributed by atoms with Crippen molar-refractivity contribution in [1.29, 1.82) is 0 Å². The number of carbonyl (C=O) groups is 1. The summed E-state index contributed by atoms with van der Waals surface area (Å²) in [6.45, 7) is 1.39. The molecule has 1 aliphatic rings. The number of nitrogens with zero attached hydrogens (tertiary/aromatic N) is 2. The molecule has 0 aliphatic carbocycles. The van der Waals surface area contributed by atoms with Crippen LogP contribution in [0.1, 0.15) is 36.0 Å². The van der Waals surface area contributed by atoms with Crippen molar-refractivity contribution in [1.82, 2.24) is 9.21 Å². The second-order valence-corrected chi connectivity index (χ2v) is 8.19. The van der Waals surface area contributed by atoms with Crippen LogP contribution in [0.4, 0.5) is 0 Å². The van der Waals surface area contributed by atoms with E-state index in [1.165, 1.54) is 32.3 Å². The molecule has 0 spiro atoms. The number of sulfonamides is 1. The van der Waals surface area contributed by atoms with E-state index in [0.717, 1.165) is 30.0 Å². The normalized spacial score (nSPS) is 16.6. The lowest BCUT2D eigenvalue weighted by atomic mass is 10.2. The summed E-state index contributed by atoms with van der Waals surface area (Å²) >= 11 is 6.12. The molecule has 0 unspecified atom stereocenters. The van der Waals surface area contributed by atoms with Crippen molar-refractivity contribution >= 4 is 27.5 Å². The van der Waals surface area contributed by atoms with E-state index in [-0.39, 0.29) is 21.4 Å². The first kappa shape index (κ1) is 17.2. The van der Waals surface area contributed by atoms with Gasteiger partial charge in [-0.2, -0.15) is 0 Å². The van der Waals surface area contributed by atoms with E-state index in [0.29, 0.717) is 13.1 Å². The maximum absolute atomic E-state index is 12.7. The molecule has 1 amide bonds. The second-order valence-electron chi connectivity index (χ2n) is 5.64. The molecule has 1 aliphatic heterocycles. The number of hydrogen-bond acceptors (Lipinski definition) is 3. The average Bonchev–Trinajstić information content (AvgIpc) is 2.75. The summed E-state index contributed by atoms with van der Waals surface area (Å²) in [6.07, 6.45) is 4.18. The highest BCUT2D eigenvalue weighted by Gasteiger charge is 2.24. The van der Waals surface area contributed by atoms with Crippen molar-refractivity contribution in [2.45, 2.75) is 30.6 Å². The fourth-order valence-electron chi connectivity index (χ4n) is 2.48. The van der Waals surface area contributed by atoms with Crippen molar-refractivity contribution in [3.05, 3.63) is 28.8 Å². The van der Waals surface area contributed by atoms with Gasteiger partial charge >= 0.3 is 0 Å². The Balaban J connectivity index is 2.36. The van der Waals surface area contributed by atoms with Crippen molar-refractivity contribution in [2.75, 3.05) is 27.2 Å². The maximum Gasteiger partial charge on any atom is 0.255 e. The molecule has 22 heavy (non-hydrogen) atoms. The molecule has 0 saturated carbocycles. The number of halogens is 1. The molecule has 0 radical (unpaired) electrons. The molecule has 1 saturated heterocycles. The van der Waals surface area contributed by atoms with Crippen molar-refractivity contribution in [3.63, 3.8) is 0 Å². The number of hydrogen-bond donors (Lipinski definition) is 0. The van der Waals surface area contributed by atoms with Crippen LogP contribution in [0.25, 0.3) is 0 Å². The Bertz CT molecular complexity index is 651. The molecule has 122 valence electrons. The predicted molar refractivity (Wildman–Crippen MR) is 86.7 cm³/mol. The Morgan fingerprint density at radius 1 is 1.14 bits per heavy atom. The van der Waals surface area contributed by atoms with Gasteiger partial charge in [-0.25, -0.2) is 12.7 Å². The van der Waals surface area contributed by atoms with Gasteiger partial charge in [0.2, 0.25) is 10.0 Å². The number of rotatable bonds is 3. The molecule has 0 bridgehead atoms. The summed E-state index contributed by atoms with van der Waals surface area (Å²) in [5, 5.41) is 0.284. The average molecular weight is 345 g/mol. The Labute approximate surface area is 136 Å². The lowest BCUT2D eigenvalue weighted by Gasteiger charge is -2.21. The highest BCUT2D eigenvalue weighted by Crippen LogP contribution is 2.24. The van der Waals surface area contributed by atoms with Gasteiger partial charge in [-0.3, -0.25) is 4.79 Å². The molecule has 0 N–H and O–H groups in total. The van der Waals surface area contributed by atoms with Crippen LogP contribution in [0.15, 0.2) is 23.1 Å². The lowest BCUT2D eigenvalue weighted by molar-refractivity contribution is 0.0761. The summed E-state index contributed by atoms with van der Waals surface area (Å²) in [6, 6.07) is 4.28. The second kappa shape index (κ2) is 6.98. The van der Waals surface area contributed by atoms with Gasteiger partial charge in [0.15, 0.2) is 0 Å². The minimum absolute atomic E-state index is 0.0834. The first-order chi connectivity index (χ1) is 10.3. The smallest absolute Gasteiger partial charge is 0.255 e. The Morgan fingerprint density at radius 2 is 1.73 bits per heavy atom. The molecule has 1 heterocycles. The fourth-order valence-corrected chi connectivity index (χ4v) is 3.61. The molecule has 1 aromatic carbocycles. The Kier molecular flexibility index (Phi) is 5.47. The molecule has 2 rings (SSSR count). The van der Waals surface area contributed by atoms with Crippen molar-refractivity contribution in [2.24, 2.45) is 0 Å². The van der Waals surface area contributed by atoms with E-state index in [1.807, 2.05) is 0 Å². The third-order valence-corrected chi connectivity index (χ3v) is 5.98. The molecule has 0 atom stereocenters. The SMILES string of the molecule is CN(C)S(=O)(=O)c1ccc(Cl)c(C(=O)N2CCCCCC2)c1. The van der Waals surface area contributed by atoms with Crippen LogP contribution in [0.3, 0.4) is 0 Å². The molecular formula is C15H21ClN2O3S. The van der Waals surface area contributed by atoms with Gasteiger partial charge in [0, 0.05) is 27.2 Å². The van der Waals surface area contributed by atoms with E-state index in [4.69, 9.17) is 11.6 Å². The van der Waals surface area contributed by atoms with Crippen LogP contribution < -0.4 is 0 Å². The van der Waals surface area contributed by atoms with Gasteiger partial charge in [0.25, 0.3) is 5.91 Å². The van der Waals surface area contributed by atoms with E-state index >= 15 is 0 Å². The van der Waals surface area contributed by atoms with Gasteiger partial charge in [-0.1, -0.05) is 24.4 Å². The zero-order valence-electron chi connectivity index (χ0n) is 12.9. The third-order valence-electron chi connectivity index (χ3n) is 3.84. The van der Waals surface area contributed by atoms with Crippen LogP contribution in [-0.4, -0.2) is 50.7 Å². The van der Waals surface area contributed by atoms with Gasteiger partial charge in [0.1, 0.15) is 0 Å². The van der Waals surface area contributed by atoms with Gasteiger partial charge in [-0.05, 0) is 31.0 Å². The topological polar surface area (TPSA) is 57.7 Å². The first-order valence-electron chi connectivity index (χ1n) is 7.35. The van der Waals surface area contributed by atoms with E-state index in [9.17, 15) is 13.2 Å². The molecule has 0 aromatic heterocycles. The summed E-state index contributed by atoms with van der Waals surface area (Å²) in [4.78, 5) is 14.5. The van der Waals surface area contributed by atoms with Gasteiger partial charge in [0.05, 0.1) is 15.5 Å². The van der Waals surface area contributed by atoms with Gasteiger partial charge < -0.3 is 4.90 Å². The standard InChI is InChI=1S/C15H21ClN2O3S/c1-17(2)22(20,21)12-7-8-14(16)13(11-12)15(19)18-9-5-3-4-6-10-18/h7-8,11H,3-6,9-10H2,1-2H3. The monoisotopic (exact) mass is 344 g/mol. The fraction of sp³-hybridized carbons (Fsp3) is 0.533. The van der Waals surface area contributed by atoms with Crippen LogP contribution in [0, 0.1) is 0 Å². The quantitative estimate of drug-likeness (QED) is 0.846. The Morgan fingerprint density at radius 3 is 2.27 bits per heavy atom. The first-order valence-corrected chi connectivity index (χ1v) is 9.17. The predicted octanol–water partition coefficient (Wildman–Crippen LogP) is 2.61. The summed E-state index contributed by atoms with van der Waals surface area (Å²) in [5.74, 6) is -0.192. The zero-order chi connectivity index (χ0) is 16.3. The molecule has 7 heteroatoms. The number of amides is 1. The van der Waals surface area contributed by atoms with Crippen LogP contribution in [-0.2, 0) is 10.0 Å². The van der Waals surface area contributed by atoms with Crippen LogP contribution >= 0.6 is 11.6 Å². The minimum Gasteiger partial charge on any atom is -0.339 e. The maximum atomic E-state index is 12.7. The number of carbonyl (C=O) groups excluding carboxylic acids is 1. The van der Waals surface area contributed by atoms with E-state index in [1.54, 1.807) is 4.90 Å². The third kappa shape index (κ3) is 3.62. The summed E-state index contributed by atoms with van der Waals surface area (Å²) < 4.78 is 25.5.